The Morgan fingerprint density at radius 2 is 1.02 bits per heavy atom. The number of hydrogen-bond donors (Lipinski definition) is 0. The standard InChI is InChI=1S/C53H36N2S/c1-53(2)46-18-10-8-16-42(46)44-31-37(22-24-47(44)53)48-32-49(55-52(54-48)38-21-20-34-14-6-7-15-35(34)26-38)41-28-39(33-12-4-3-5-13-33)27-40(29-41)36-23-25-51-45(30-36)43-17-9-11-19-50(43)56-51/h3-32H,1-2H3. The first kappa shape index (κ1) is 32.7. The van der Waals surface area contributed by atoms with Crippen LogP contribution < -0.4 is 0 Å². The Morgan fingerprint density at radius 3 is 1.89 bits per heavy atom. The molecule has 0 saturated heterocycles. The SMILES string of the molecule is CC1(C)c2ccccc2-c2cc(-c3cc(-c4cc(-c5ccccc5)cc(-c5ccc6sc7ccccc7c6c5)c4)nc(-c4ccc5ccccc5c4)n3)ccc21. The molecule has 0 amide bonds. The zero-order chi connectivity index (χ0) is 37.4. The molecule has 10 aromatic rings. The topological polar surface area (TPSA) is 25.8 Å². The van der Waals surface area contributed by atoms with E-state index in [2.05, 4.69) is 196 Å². The van der Waals surface area contributed by atoms with E-state index < -0.39 is 0 Å². The minimum atomic E-state index is -0.0653. The van der Waals surface area contributed by atoms with Crippen molar-refractivity contribution in [3.05, 3.63) is 193 Å². The molecule has 0 atom stereocenters. The number of hydrogen-bond acceptors (Lipinski definition) is 3. The Bertz CT molecular complexity index is 3170. The molecule has 0 aliphatic heterocycles. The van der Waals surface area contributed by atoms with Crippen molar-refractivity contribution in [3.8, 4) is 67.3 Å². The predicted molar refractivity (Wildman–Crippen MR) is 237 cm³/mol. The van der Waals surface area contributed by atoms with Crippen LogP contribution in [0.5, 0.6) is 0 Å². The van der Waals surface area contributed by atoms with Crippen molar-refractivity contribution in [2.24, 2.45) is 0 Å². The highest BCUT2D eigenvalue weighted by atomic mass is 32.1. The zero-order valence-corrected chi connectivity index (χ0v) is 31.9. The molecule has 0 bridgehead atoms. The first-order valence-electron chi connectivity index (χ1n) is 19.2. The number of nitrogens with zero attached hydrogens (tertiary/aromatic N) is 2. The molecule has 1 aliphatic rings. The van der Waals surface area contributed by atoms with E-state index in [0.29, 0.717) is 5.82 Å². The lowest BCUT2D eigenvalue weighted by Gasteiger charge is -2.21. The van der Waals surface area contributed by atoms with Gasteiger partial charge in [0.1, 0.15) is 0 Å². The maximum atomic E-state index is 5.38. The summed E-state index contributed by atoms with van der Waals surface area (Å²) in [5.41, 5.74) is 14.8. The average molecular weight is 733 g/mol. The van der Waals surface area contributed by atoms with E-state index in [1.165, 1.54) is 64.3 Å². The lowest BCUT2D eigenvalue weighted by molar-refractivity contribution is 0.660. The summed E-state index contributed by atoms with van der Waals surface area (Å²) < 4.78 is 2.61. The van der Waals surface area contributed by atoms with Gasteiger partial charge in [-0.1, -0.05) is 141 Å². The first-order chi connectivity index (χ1) is 27.5. The predicted octanol–water partition coefficient (Wildman–Crippen LogP) is 14.6. The molecule has 0 fully saturated rings. The third kappa shape index (κ3) is 5.38. The molecule has 56 heavy (non-hydrogen) atoms. The molecule has 0 spiro atoms. The van der Waals surface area contributed by atoms with Crippen LogP contribution in [0.2, 0.25) is 0 Å². The third-order valence-corrected chi connectivity index (χ3v) is 12.8. The van der Waals surface area contributed by atoms with Gasteiger partial charge in [0.2, 0.25) is 0 Å². The van der Waals surface area contributed by atoms with Crippen molar-refractivity contribution < 1.29 is 0 Å². The van der Waals surface area contributed by atoms with Crippen LogP contribution in [0.15, 0.2) is 182 Å². The molecule has 11 rings (SSSR count). The molecular formula is C53H36N2S. The Kier molecular flexibility index (Phi) is 7.42. The molecular weight excluding hydrogens is 697 g/mol. The van der Waals surface area contributed by atoms with Crippen LogP contribution in [0.3, 0.4) is 0 Å². The van der Waals surface area contributed by atoms with Crippen molar-refractivity contribution >= 4 is 42.3 Å². The van der Waals surface area contributed by atoms with E-state index in [-0.39, 0.29) is 5.41 Å². The van der Waals surface area contributed by atoms with Gasteiger partial charge in [-0.15, -0.1) is 11.3 Å². The highest BCUT2D eigenvalue weighted by Crippen LogP contribution is 2.49. The fourth-order valence-corrected chi connectivity index (χ4v) is 9.81. The summed E-state index contributed by atoms with van der Waals surface area (Å²) in [7, 11) is 0. The van der Waals surface area contributed by atoms with Gasteiger partial charge in [-0.2, -0.15) is 0 Å². The summed E-state index contributed by atoms with van der Waals surface area (Å²) in [6, 6.07) is 66.1. The van der Waals surface area contributed by atoms with E-state index in [4.69, 9.17) is 9.97 Å². The van der Waals surface area contributed by atoms with E-state index in [9.17, 15) is 0 Å². The van der Waals surface area contributed by atoms with Gasteiger partial charge in [0.25, 0.3) is 0 Å². The van der Waals surface area contributed by atoms with Crippen molar-refractivity contribution in [1.82, 2.24) is 9.97 Å². The summed E-state index contributed by atoms with van der Waals surface area (Å²) in [5, 5.41) is 4.96. The van der Waals surface area contributed by atoms with Crippen molar-refractivity contribution in [3.63, 3.8) is 0 Å². The van der Waals surface area contributed by atoms with E-state index >= 15 is 0 Å². The second-order valence-corrected chi connectivity index (χ2v) is 16.5. The van der Waals surface area contributed by atoms with Crippen molar-refractivity contribution in [2.75, 3.05) is 0 Å². The highest BCUT2D eigenvalue weighted by molar-refractivity contribution is 7.25. The van der Waals surface area contributed by atoms with Gasteiger partial charge < -0.3 is 0 Å². The summed E-state index contributed by atoms with van der Waals surface area (Å²) in [6.07, 6.45) is 0. The van der Waals surface area contributed by atoms with Gasteiger partial charge in [-0.05, 0) is 110 Å². The number of fused-ring (bicyclic) bond motifs is 7. The summed E-state index contributed by atoms with van der Waals surface area (Å²) in [4.78, 5) is 10.7. The van der Waals surface area contributed by atoms with E-state index in [1.807, 2.05) is 11.3 Å². The largest absolute Gasteiger partial charge is 0.228 e. The summed E-state index contributed by atoms with van der Waals surface area (Å²) in [6.45, 7) is 4.65. The van der Waals surface area contributed by atoms with Gasteiger partial charge in [0.05, 0.1) is 11.4 Å². The maximum Gasteiger partial charge on any atom is 0.160 e. The van der Waals surface area contributed by atoms with Crippen LogP contribution in [-0.4, -0.2) is 9.97 Å². The second-order valence-electron chi connectivity index (χ2n) is 15.4. The highest BCUT2D eigenvalue weighted by Gasteiger charge is 2.35. The normalized spacial score (nSPS) is 13.0. The molecule has 2 nitrogen and oxygen atoms in total. The fraction of sp³-hybridized carbons (Fsp3) is 0.0566. The first-order valence-corrected chi connectivity index (χ1v) is 20.0. The molecule has 0 N–H and O–H groups in total. The smallest absolute Gasteiger partial charge is 0.160 e. The van der Waals surface area contributed by atoms with Crippen LogP contribution in [0.4, 0.5) is 0 Å². The molecule has 0 saturated carbocycles. The molecule has 3 heteroatoms. The van der Waals surface area contributed by atoms with Gasteiger partial charge >= 0.3 is 0 Å². The van der Waals surface area contributed by atoms with Gasteiger partial charge in [0, 0.05) is 42.3 Å². The average Bonchev–Trinajstić information content (AvgIpc) is 3.74. The van der Waals surface area contributed by atoms with E-state index in [0.717, 1.165) is 39.2 Å². The summed E-state index contributed by atoms with van der Waals surface area (Å²) in [5.74, 6) is 0.710. The number of thiophene rings is 1. The van der Waals surface area contributed by atoms with Crippen LogP contribution in [0, 0.1) is 0 Å². The molecule has 0 unspecified atom stereocenters. The second kappa shape index (κ2) is 12.7. The van der Waals surface area contributed by atoms with Crippen LogP contribution >= 0.6 is 11.3 Å². The Morgan fingerprint density at radius 1 is 0.375 bits per heavy atom. The molecule has 8 aromatic carbocycles. The molecule has 0 radical (unpaired) electrons. The van der Waals surface area contributed by atoms with Crippen molar-refractivity contribution in [2.45, 2.75) is 19.3 Å². The van der Waals surface area contributed by atoms with Crippen LogP contribution in [0.25, 0.3) is 98.2 Å². The van der Waals surface area contributed by atoms with Crippen LogP contribution in [-0.2, 0) is 5.41 Å². The third-order valence-electron chi connectivity index (χ3n) is 11.7. The number of aromatic nitrogens is 2. The monoisotopic (exact) mass is 732 g/mol. The number of rotatable bonds is 5. The quantitative estimate of drug-likeness (QED) is 0.176. The fourth-order valence-electron chi connectivity index (χ4n) is 8.73. The molecule has 2 heterocycles. The lowest BCUT2D eigenvalue weighted by Crippen LogP contribution is -2.14. The maximum absolute atomic E-state index is 5.38. The number of benzene rings is 8. The minimum Gasteiger partial charge on any atom is -0.228 e. The van der Waals surface area contributed by atoms with E-state index in [1.54, 1.807) is 0 Å². The molecule has 2 aromatic heterocycles. The van der Waals surface area contributed by atoms with Gasteiger partial charge in [0.15, 0.2) is 5.82 Å². The Balaban J connectivity index is 1.13. The Hall–Kier alpha value is -6.68. The minimum absolute atomic E-state index is 0.0653. The molecule has 1 aliphatic carbocycles. The van der Waals surface area contributed by atoms with Gasteiger partial charge in [-0.25, -0.2) is 9.97 Å². The van der Waals surface area contributed by atoms with Gasteiger partial charge in [-0.3, -0.25) is 0 Å². The Labute approximate surface area is 330 Å². The molecule has 264 valence electrons. The van der Waals surface area contributed by atoms with Crippen molar-refractivity contribution in [1.29, 1.82) is 0 Å². The summed E-state index contributed by atoms with van der Waals surface area (Å²) >= 11 is 1.85. The zero-order valence-electron chi connectivity index (χ0n) is 31.1. The van der Waals surface area contributed by atoms with Crippen LogP contribution in [0.1, 0.15) is 25.0 Å². The lowest BCUT2D eigenvalue weighted by atomic mass is 9.82.